The van der Waals surface area contributed by atoms with E-state index in [1.807, 2.05) is 0 Å². The number of phenolic OH excluding ortho intramolecular Hbond substituents is 1. The highest BCUT2D eigenvalue weighted by molar-refractivity contribution is 5.77. The molecule has 3 aliphatic carbocycles. The first-order chi connectivity index (χ1) is 22.4. The number of carbonyl (C=O) groups is 2. The Morgan fingerprint density at radius 1 is 1.07 bits per heavy atom. The van der Waals surface area contributed by atoms with E-state index in [9.17, 15) is 14.7 Å². The Balaban J connectivity index is 1.16. The van der Waals surface area contributed by atoms with Crippen molar-refractivity contribution in [2.24, 2.45) is 11.8 Å². The summed E-state index contributed by atoms with van der Waals surface area (Å²) in [5, 5.41) is 11.4. The maximum Gasteiger partial charge on any atom is 0.308 e. The number of carbonyl (C=O) groups excluding carboxylic acids is 2. The van der Waals surface area contributed by atoms with Crippen molar-refractivity contribution >= 4 is 11.9 Å². The Labute approximate surface area is 274 Å². The number of hydrogen-bond donors (Lipinski definition) is 1. The molecular formula is C39H52N2O5. The molecule has 0 aromatic heterocycles. The lowest BCUT2D eigenvalue weighted by Crippen LogP contribution is -2.69. The summed E-state index contributed by atoms with van der Waals surface area (Å²) < 4.78 is 12.7. The Morgan fingerprint density at radius 2 is 1.89 bits per heavy atom. The predicted octanol–water partition coefficient (Wildman–Crippen LogP) is 6.96. The van der Waals surface area contributed by atoms with Crippen LogP contribution in [0.3, 0.4) is 0 Å². The molecule has 1 spiro atoms. The van der Waals surface area contributed by atoms with Crippen LogP contribution in [0.5, 0.6) is 17.2 Å². The summed E-state index contributed by atoms with van der Waals surface area (Å²) in [6.07, 6.45) is 14.0. The van der Waals surface area contributed by atoms with Crippen molar-refractivity contribution in [1.82, 2.24) is 9.80 Å². The second-order valence-corrected chi connectivity index (χ2v) is 14.8. The van der Waals surface area contributed by atoms with Crippen LogP contribution in [0.25, 0.3) is 0 Å². The number of piperidine rings is 1. The maximum atomic E-state index is 14.2. The first kappa shape index (κ1) is 31.5. The summed E-state index contributed by atoms with van der Waals surface area (Å²) in [5.74, 6) is 2.20. The molecule has 2 aromatic rings. The lowest BCUT2D eigenvalue weighted by atomic mass is 9.50. The number of amides is 1. The third-order valence-electron chi connectivity index (χ3n) is 11.9. The van der Waals surface area contributed by atoms with E-state index in [4.69, 9.17) is 9.47 Å². The van der Waals surface area contributed by atoms with Crippen LogP contribution in [0.4, 0.5) is 0 Å². The fourth-order valence-corrected chi connectivity index (χ4v) is 9.64. The Bertz CT molecular complexity index is 1420. The van der Waals surface area contributed by atoms with Gasteiger partial charge in [-0.25, -0.2) is 0 Å². The van der Waals surface area contributed by atoms with E-state index in [1.165, 1.54) is 25.3 Å². The lowest BCUT2D eigenvalue weighted by molar-refractivity contribution is -0.143. The van der Waals surface area contributed by atoms with Gasteiger partial charge in [0.05, 0.1) is 6.04 Å². The van der Waals surface area contributed by atoms with Crippen molar-refractivity contribution in [2.45, 2.75) is 127 Å². The number of likely N-dealkylation sites (tertiary alicyclic amines) is 1. The highest BCUT2D eigenvalue weighted by Gasteiger charge is 2.67. The summed E-state index contributed by atoms with van der Waals surface area (Å²) in [5.41, 5.74) is 3.12. The molecular weight excluding hydrogens is 576 g/mol. The zero-order chi connectivity index (χ0) is 31.8. The zero-order valence-corrected chi connectivity index (χ0v) is 27.8. The monoisotopic (exact) mass is 628 g/mol. The van der Waals surface area contributed by atoms with Crippen molar-refractivity contribution in [3.05, 3.63) is 53.1 Å². The van der Waals surface area contributed by atoms with Crippen LogP contribution >= 0.6 is 0 Å². The van der Waals surface area contributed by atoms with Crippen LogP contribution in [0.15, 0.2) is 36.4 Å². The number of phenols is 1. The minimum atomic E-state index is -0.420. The SMILES string of the molecule is CCCCCN(C(=O)CCCCCc1ccccc1)[C@@H]1CC[C@H]2[C@H]3Cc4c(O)cc(OC(C)=O)c5c4[C@@]2(CCN3CC2CC2)[C@H]1O5. The zero-order valence-electron chi connectivity index (χ0n) is 27.8. The van der Waals surface area contributed by atoms with Crippen molar-refractivity contribution in [3.63, 3.8) is 0 Å². The predicted molar refractivity (Wildman–Crippen MR) is 178 cm³/mol. The van der Waals surface area contributed by atoms with Gasteiger partial charge in [-0.05, 0) is 88.2 Å². The summed E-state index contributed by atoms with van der Waals surface area (Å²) in [6, 6.07) is 12.5. The largest absolute Gasteiger partial charge is 0.508 e. The molecule has 0 unspecified atom stereocenters. The Morgan fingerprint density at radius 3 is 2.65 bits per heavy atom. The molecule has 1 amide bonds. The molecule has 3 fully saturated rings. The molecule has 2 bridgehead atoms. The number of unbranched alkanes of at least 4 members (excludes halogenated alkanes) is 4. The number of benzene rings is 2. The van der Waals surface area contributed by atoms with Gasteiger partial charge in [0, 0.05) is 55.1 Å². The average Bonchev–Trinajstić information content (AvgIpc) is 3.80. The number of esters is 1. The fraction of sp³-hybridized carbons (Fsp3) is 0.641. The maximum absolute atomic E-state index is 14.2. The topological polar surface area (TPSA) is 79.3 Å². The lowest BCUT2D eigenvalue weighted by Gasteiger charge is -2.60. The number of aromatic hydroxyl groups is 1. The average molecular weight is 629 g/mol. The van der Waals surface area contributed by atoms with E-state index < -0.39 is 5.97 Å². The fourth-order valence-electron chi connectivity index (χ4n) is 9.64. The minimum absolute atomic E-state index is 0.0359. The van der Waals surface area contributed by atoms with Crippen molar-refractivity contribution in [3.8, 4) is 17.2 Å². The summed E-state index contributed by atoms with van der Waals surface area (Å²) >= 11 is 0. The number of ether oxygens (including phenoxy) is 2. The Kier molecular flexibility index (Phi) is 9.06. The molecule has 2 heterocycles. The summed E-state index contributed by atoms with van der Waals surface area (Å²) in [6.45, 7) is 6.52. The number of aryl methyl sites for hydroxylation is 1. The third kappa shape index (κ3) is 5.82. The second-order valence-electron chi connectivity index (χ2n) is 14.8. The van der Waals surface area contributed by atoms with Crippen molar-refractivity contribution in [2.75, 3.05) is 19.6 Å². The molecule has 0 radical (unpaired) electrons. The smallest absolute Gasteiger partial charge is 0.308 e. The van der Waals surface area contributed by atoms with Crippen LogP contribution in [0.2, 0.25) is 0 Å². The van der Waals surface area contributed by atoms with E-state index in [-0.39, 0.29) is 29.2 Å². The van der Waals surface area contributed by atoms with E-state index in [1.54, 1.807) is 6.07 Å². The van der Waals surface area contributed by atoms with Crippen LogP contribution in [0.1, 0.15) is 108 Å². The van der Waals surface area contributed by atoms with E-state index in [2.05, 4.69) is 47.1 Å². The molecule has 2 aliphatic heterocycles. The minimum Gasteiger partial charge on any atom is -0.508 e. The second kappa shape index (κ2) is 13.2. The molecule has 7 rings (SSSR count). The molecule has 1 saturated heterocycles. The van der Waals surface area contributed by atoms with Gasteiger partial charge in [-0.15, -0.1) is 0 Å². The van der Waals surface area contributed by atoms with Gasteiger partial charge in [0.25, 0.3) is 0 Å². The molecule has 2 saturated carbocycles. The van der Waals surface area contributed by atoms with Gasteiger partial charge in [-0.3, -0.25) is 14.5 Å². The van der Waals surface area contributed by atoms with Gasteiger partial charge in [0.1, 0.15) is 11.9 Å². The first-order valence-electron chi connectivity index (χ1n) is 18.2. The molecule has 248 valence electrons. The molecule has 7 heteroatoms. The van der Waals surface area contributed by atoms with Gasteiger partial charge in [-0.1, -0.05) is 56.5 Å². The van der Waals surface area contributed by atoms with Crippen molar-refractivity contribution in [1.29, 1.82) is 0 Å². The van der Waals surface area contributed by atoms with Gasteiger partial charge in [0.15, 0.2) is 11.5 Å². The van der Waals surface area contributed by atoms with Gasteiger partial charge in [0.2, 0.25) is 5.91 Å². The Hall–Kier alpha value is -3.06. The molecule has 2 aromatic carbocycles. The van der Waals surface area contributed by atoms with E-state index in [0.29, 0.717) is 29.9 Å². The molecule has 5 atom stereocenters. The molecule has 7 nitrogen and oxygen atoms in total. The molecule has 1 N–H and O–H groups in total. The molecule has 46 heavy (non-hydrogen) atoms. The van der Waals surface area contributed by atoms with Crippen molar-refractivity contribution < 1.29 is 24.2 Å². The third-order valence-corrected chi connectivity index (χ3v) is 11.9. The number of rotatable bonds is 14. The summed E-state index contributed by atoms with van der Waals surface area (Å²) in [7, 11) is 0. The first-order valence-corrected chi connectivity index (χ1v) is 18.2. The van der Waals surface area contributed by atoms with Crippen LogP contribution < -0.4 is 9.47 Å². The quantitative estimate of drug-likeness (QED) is 0.139. The van der Waals surface area contributed by atoms with Gasteiger partial charge in [-0.2, -0.15) is 0 Å². The highest BCUT2D eigenvalue weighted by atomic mass is 16.6. The van der Waals surface area contributed by atoms with Gasteiger partial charge < -0.3 is 19.5 Å². The number of hydrogen-bond acceptors (Lipinski definition) is 6. The van der Waals surface area contributed by atoms with Crippen LogP contribution in [-0.4, -0.2) is 64.6 Å². The van der Waals surface area contributed by atoms with Crippen LogP contribution in [0, 0.1) is 11.8 Å². The van der Waals surface area contributed by atoms with Gasteiger partial charge >= 0.3 is 5.97 Å². The standard InChI is InChI=1S/C39H52N2O5/c1-3-4-11-21-41(35(44)15-10-6-9-14-27-12-7-5-8-13-27)31-19-18-30-32-23-29-33(43)24-34(45-26(2)42)37-36(29)39(30,38(31)46-37)20-22-40(32)25-28-16-17-28/h5,7-8,12-13,24,28,30-32,38,43H,3-4,6,9-11,14-23,25H2,1-2H3/t30-,31+,32+,38-,39-/m0/s1. The normalized spacial score (nSPS) is 27.5. The molecule has 5 aliphatic rings. The van der Waals surface area contributed by atoms with E-state index in [0.717, 1.165) is 107 Å². The van der Waals surface area contributed by atoms with Crippen LogP contribution in [-0.2, 0) is 27.8 Å². The summed E-state index contributed by atoms with van der Waals surface area (Å²) in [4.78, 5) is 31.3. The van der Waals surface area contributed by atoms with E-state index >= 15 is 0 Å². The highest BCUT2D eigenvalue weighted by Crippen LogP contribution is 2.66. The number of nitrogens with zero attached hydrogens (tertiary/aromatic N) is 2.